The number of nitrogens with one attached hydrogen (secondary N) is 1. The van der Waals surface area contributed by atoms with E-state index < -0.39 is 0 Å². The van der Waals surface area contributed by atoms with Crippen molar-refractivity contribution in [2.75, 3.05) is 13.1 Å². The normalized spacial score (nSPS) is 10.9. The Bertz CT molecular complexity index is 272. The van der Waals surface area contributed by atoms with Gasteiger partial charge in [0.05, 0.1) is 0 Å². The fourth-order valence-electron chi connectivity index (χ4n) is 1.06. The lowest BCUT2D eigenvalue weighted by Crippen LogP contribution is -2.33. The fraction of sp³-hybridized carbons (Fsp3) is 0.500. The number of nitrogens with two attached hydrogens (primary N) is 1. The molecule has 86 valence electrons. The third kappa shape index (κ3) is 6.72. The van der Waals surface area contributed by atoms with Crippen LogP contribution in [0.3, 0.4) is 0 Å². The first-order valence-corrected chi connectivity index (χ1v) is 5.77. The zero-order chi connectivity index (χ0) is 10.2. The lowest BCUT2D eigenvalue weighted by atomic mass is 10.3. The topological polar surface area (TPSA) is 50.4 Å². The first-order chi connectivity index (χ1) is 6.83. The maximum atomic E-state index is 5.64. The van der Waals surface area contributed by atoms with Crippen molar-refractivity contribution in [1.29, 1.82) is 0 Å². The van der Waals surface area contributed by atoms with Gasteiger partial charge in [0.2, 0.25) is 0 Å². The van der Waals surface area contributed by atoms with Gasteiger partial charge in [0.1, 0.15) is 0 Å². The van der Waals surface area contributed by atoms with Gasteiger partial charge in [-0.1, -0.05) is 13.0 Å². The van der Waals surface area contributed by atoms with E-state index >= 15 is 0 Å². The molecule has 0 aliphatic heterocycles. The van der Waals surface area contributed by atoms with Crippen molar-refractivity contribution in [3.63, 3.8) is 0 Å². The molecule has 3 nitrogen and oxygen atoms in total. The van der Waals surface area contributed by atoms with Gasteiger partial charge in [-0.25, -0.2) is 0 Å². The van der Waals surface area contributed by atoms with Crippen molar-refractivity contribution < 1.29 is 0 Å². The van der Waals surface area contributed by atoms with Gasteiger partial charge in [0.25, 0.3) is 0 Å². The zero-order valence-electron chi connectivity index (χ0n) is 8.90. The number of aliphatic imine (C=N–C) groups is 1. The van der Waals surface area contributed by atoms with Crippen molar-refractivity contribution in [1.82, 2.24) is 5.32 Å². The Morgan fingerprint density at radius 3 is 3.00 bits per heavy atom. The van der Waals surface area contributed by atoms with Crippen LogP contribution in [-0.2, 0) is 6.42 Å². The molecule has 0 radical (unpaired) electrons. The third-order valence-corrected chi connectivity index (χ3v) is 2.70. The van der Waals surface area contributed by atoms with E-state index in [9.17, 15) is 0 Å². The van der Waals surface area contributed by atoms with Crippen LogP contribution in [0.1, 0.15) is 18.2 Å². The highest BCUT2D eigenvalue weighted by Gasteiger charge is 1.94. The van der Waals surface area contributed by atoms with Gasteiger partial charge < -0.3 is 11.1 Å². The summed E-state index contributed by atoms with van der Waals surface area (Å²) in [7, 11) is 0. The molecule has 0 fully saturated rings. The summed E-state index contributed by atoms with van der Waals surface area (Å²) in [4.78, 5) is 5.52. The zero-order valence-corrected chi connectivity index (χ0v) is 12.0. The van der Waals surface area contributed by atoms with Crippen LogP contribution < -0.4 is 11.1 Å². The lowest BCUT2D eigenvalue weighted by Gasteiger charge is -2.03. The molecule has 0 amide bonds. The molecule has 0 atom stereocenters. The number of thiophene rings is 1. The lowest BCUT2D eigenvalue weighted by molar-refractivity contribution is 0.846. The maximum absolute atomic E-state index is 5.64. The molecule has 0 aromatic carbocycles. The molecule has 15 heavy (non-hydrogen) atoms. The second-order valence-electron chi connectivity index (χ2n) is 3.02. The smallest absolute Gasteiger partial charge is 0.188 e. The molecule has 0 unspecified atom stereocenters. The monoisotopic (exact) mass is 339 g/mol. The Kier molecular flexibility index (Phi) is 8.79. The van der Waals surface area contributed by atoms with Crippen LogP contribution in [0.4, 0.5) is 0 Å². The van der Waals surface area contributed by atoms with Gasteiger partial charge in [-0.15, -0.1) is 35.3 Å². The Balaban J connectivity index is 0.00000196. The van der Waals surface area contributed by atoms with Crippen LogP contribution in [-0.4, -0.2) is 19.0 Å². The molecule has 5 heteroatoms. The van der Waals surface area contributed by atoms with E-state index in [1.54, 1.807) is 11.3 Å². The predicted octanol–water partition coefficient (Wildman–Crippen LogP) is 2.22. The van der Waals surface area contributed by atoms with E-state index in [0.29, 0.717) is 5.96 Å². The van der Waals surface area contributed by atoms with E-state index in [-0.39, 0.29) is 24.0 Å². The third-order valence-electron chi connectivity index (χ3n) is 1.76. The SMILES string of the molecule is CCCN=C(N)NCCc1cccs1.I. The summed E-state index contributed by atoms with van der Waals surface area (Å²) in [5.74, 6) is 0.559. The van der Waals surface area contributed by atoms with Gasteiger partial charge in [-0.3, -0.25) is 4.99 Å². The summed E-state index contributed by atoms with van der Waals surface area (Å²) in [6, 6.07) is 4.19. The molecule has 0 bridgehead atoms. The second-order valence-corrected chi connectivity index (χ2v) is 4.06. The Labute approximate surface area is 112 Å². The molecule has 0 saturated heterocycles. The van der Waals surface area contributed by atoms with Gasteiger partial charge >= 0.3 is 0 Å². The minimum atomic E-state index is 0. The first-order valence-electron chi connectivity index (χ1n) is 4.89. The summed E-state index contributed by atoms with van der Waals surface area (Å²) < 4.78 is 0. The van der Waals surface area contributed by atoms with Crippen molar-refractivity contribution in [3.05, 3.63) is 22.4 Å². The van der Waals surface area contributed by atoms with E-state index in [4.69, 9.17) is 5.73 Å². The van der Waals surface area contributed by atoms with Crippen molar-refractivity contribution >= 4 is 41.3 Å². The van der Waals surface area contributed by atoms with Crippen LogP contribution in [0.2, 0.25) is 0 Å². The summed E-state index contributed by atoms with van der Waals surface area (Å²) in [5, 5.41) is 5.18. The van der Waals surface area contributed by atoms with E-state index in [2.05, 4.69) is 34.7 Å². The minimum Gasteiger partial charge on any atom is -0.370 e. The van der Waals surface area contributed by atoms with Gasteiger partial charge in [0.15, 0.2) is 5.96 Å². The number of rotatable bonds is 5. The van der Waals surface area contributed by atoms with E-state index in [0.717, 1.165) is 25.9 Å². The Morgan fingerprint density at radius 1 is 1.60 bits per heavy atom. The molecule has 1 aromatic heterocycles. The predicted molar refractivity (Wildman–Crippen MR) is 78.2 cm³/mol. The van der Waals surface area contributed by atoms with Crippen LogP contribution in [0, 0.1) is 0 Å². The molecular formula is C10H18IN3S. The summed E-state index contributed by atoms with van der Waals surface area (Å²) in [5.41, 5.74) is 5.64. The van der Waals surface area contributed by atoms with E-state index in [1.165, 1.54) is 4.88 Å². The molecule has 0 spiro atoms. The fourth-order valence-corrected chi connectivity index (χ4v) is 1.77. The first kappa shape index (κ1) is 14.7. The Hall–Kier alpha value is -0.300. The highest BCUT2D eigenvalue weighted by atomic mass is 127. The molecule has 1 rings (SSSR count). The average Bonchev–Trinajstić information content (AvgIpc) is 2.67. The van der Waals surface area contributed by atoms with Crippen LogP contribution in [0.25, 0.3) is 0 Å². The van der Waals surface area contributed by atoms with Crippen LogP contribution in [0.15, 0.2) is 22.5 Å². The molecule has 0 saturated carbocycles. The number of hydrogen-bond donors (Lipinski definition) is 2. The van der Waals surface area contributed by atoms with Crippen molar-refractivity contribution in [2.24, 2.45) is 10.7 Å². The minimum absolute atomic E-state index is 0. The molecule has 1 heterocycles. The molecular weight excluding hydrogens is 321 g/mol. The molecule has 0 aliphatic carbocycles. The summed E-state index contributed by atoms with van der Waals surface area (Å²) in [6.07, 6.45) is 2.05. The number of nitrogens with zero attached hydrogens (tertiary/aromatic N) is 1. The summed E-state index contributed by atoms with van der Waals surface area (Å²) in [6.45, 7) is 3.75. The van der Waals surface area contributed by atoms with Crippen LogP contribution >= 0.6 is 35.3 Å². The molecule has 3 N–H and O–H groups in total. The van der Waals surface area contributed by atoms with Gasteiger partial charge in [0, 0.05) is 18.0 Å². The highest BCUT2D eigenvalue weighted by molar-refractivity contribution is 14.0. The number of guanidine groups is 1. The number of hydrogen-bond acceptors (Lipinski definition) is 2. The van der Waals surface area contributed by atoms with E-state index in [1.807, 2.05) is 0 Å². The Morgan fingerprint density at radius 2 is 2.40 bits per heavy atom. The standard InChI is InChI=1S/C10H17N3S.HI/c1-2-6-12-10(11)13-7-5-9-4-3-8-14-9;/h3-4,8H,2,5-7H2,1H3,(H3,11,12,13);1H. The van der Waals surface area contributed by atoms with Crippen molar-refractivity contribution in [2.45, 2.75) is 19.8 Å². The summed E-state index contributed by atoms with van der Waals surface area (Å²) >= 11 is 1.77. The van der Waals surface area contributed by atoms with Gasteiger partial charge in [-0.2, -0.15) is 0 Å². The van der Waals surface area contributed by atoms with Gasteiger partial charge in [-0.05, 0) is 24.3 Å². The van der Waals surface area contributed by atoms with Crippen LogP contribution in [0.5, 0.6) is 0 Å². The largest absolute Gasteiger partial charge is 0.370 e. The molecule has 0 aliphatic rings. The highest BCUT2D eigenvalue weighted by Crippen LogP contribution is 2.07. The average molecular weight is 339 g/mol. The number of halogens is 1. The second kappa shape index (κ2) is 8.96. The molecule has 1 aromatic rings. The maximum Gasteiger partial charge on any atom is 0.188 e. The quantitative estimate of drug-likeness (QED) is 0.491. The van der Waals surface area contributed by atoms with Crippen molar-refractivity contribution in [3.8, 4) is 0 Å².